The van der Waals surface area contributed by atoms with E-state index in [2.05, 4.69) is 0 Å². The van der Waals surface area contributed by atoms with Crippen LogP contribution in [-0.2, 0) is 9.84 Å². The molecule has 0 aromatic carbocycles. The van der Waals surface area contributed by atoms with E-state index < -0.39 is 9.84 Å². The summed E-state index contributed by atoms with van der Waals surface area (Å²) in [4.78, 5) is 2.47. The number of thioether (sulfide) groups is 1. The highest BCUT2D eigenvalue weighted by molar-refractivity contribution is 8.01. The van der Waals surface area contributed by atoms with Crippen molar-refractivity contribution in [3.8, 4) is 0 Å². The summed E-state index contributed by atoms with van der Waals surface area (Å²) in [6, 6.07) is 0. The number of nitrogens with two attached hydrogens (primary N) is 1. The maximum atomic E-state index is 12.0. The van der Waals surface area contributed by atoms with Crippen molar-refractivity contribution in [1.82, 2.24) is 4.90 Å². The second-order valence-corrected chi connectivity index (χ2v) is 8.35. The van der Waals surface area contributed by atoms with E-state index in [0.29, 0.717) is 17.3 Å². The lowest BCUT2D eigenvalue weighted by molar-refractivity contribution is 0.255. The lowest BCUT2D eigenvalue weighted by Gasteiger charge is -2.36. The van der Waals surface area contributed by atoms with E-state index in [1.807, 2.05) is 11.8 Å². The van der Waals surface area contributed by atoms with Gasteiger partial charge < -0.3 is 5.73 Å². The normalized spacial score (nSPS) is 24.5. The van der Waals surface area contributed by atoms with Crippen molar-refractivity contribution in [1.29, 1.82) is 0 Å². The fraction of sp³-hybridized carbons (Fsp3) is 0.900. The van der Waals surface area contributed by atoms with Crippen molar-refractivity contribution >= 4 is 38.8 Å². The molecule has 1 fully saturated rings. The molecule has 0 spiro atoms. The van der Waals surface area contributed by atoms with Crippen molar-refractivity contribution in [2.75, 3.05) is 30.3 Å². The summed E-state index contributed by atoms with van der Waals surface area (Å²) in [7, 11) is -3.02. The first-order valence-corrected chi connectivity index (χ1v) is 8.99. The van der Waals surface area contributed by atoms with Gasteiger partial charge in [0.2, 0.25) is 0 Å². The van der Waals surface area contributed by atoms with E-state index >= 15 is 0 Å². The predicted molar refractivity (Wildman–Crippen MR) is 78.1 cm³/mol. The van der Waals surface area contributed by atoms with Crippen LogP contribution in [-0.4, -0.2) is 54.0 Å². The van der Waals surface area contributed by atoms with Gasteiger partial charge in [-0.25, -0.2) is 8.42 Å². The van der Waals surface area contributed by atoms with Crippen LogP contribution in [0.4, 0.5) is 0 Å². The first-order chi connectivity index (χ1) is 7.88. The number of rotatable bonds is 5. The smallest absolute Gasteiger partial charge is 0.166 e. The molecular formula is C10H20N2O2S3. The summed E-state index contributed by atoms with van der Waals surface area (Å²) in [5, 5.41) is -0.372. The Hall–Kier alpha value is 0.150. The molecule has 0 saturated carbocycles. The molecule has 0 aromatic heterocycles. The standard InChI is InChI=1S/C10H20N2O2S3/c1-3-17(13,14)9-7-16-5-4-12(9)6-8(2)10(11)15/h8-9H,3-7H2,1-2H3,(H2,11,15). The summed E-state index contributed by atoms with van der Waals surface area (Å²) >= 11 is 6.64. The van der Waals surface area contributed by atoms with Gasteiger partial charge in [-0.15, -0.1) is 0 Å². The maximum Gasteiger partial charge on any atom is 0.166 e. The highest BCUT2D eigenvalue weighted by Gasteiger charge is 2.33. The third kappa shape index (κ3) is 4.08. The Morgan fingerprint density at radius 1 is 1.65 bits per heavy atom. The average molecular weight is 296 g/mol. The van der Waals surface area contributed by atoms with Crippen LogP contribution < -0.4 is 5.73 Å². The molecule has 1 heterocycles. The van der Waals surface area contributed by atoms with Gasteiger partial charge in [0.25, 0.3) is 0 Å². The van der Waals surface area contributed by atoms with Crippen molar-refractivity contribution in [2.24, 2.45) is 11.7 Å². The average Bonchev–Trinajstić information content (AvgIpc) is 2.29. The highest BCUT2D eigenvalue weighted by atomic mass is 32.2. The van der Waals surface area contributed by atoms with Crippen LogP contribution in [0.2, 0.25) is 0 Å². The van der Waals surface area contributed by atoms with Crippen LogP contribution in [0.1, 0.15) is 13.8 Å². The second-order valence-electron chi connectivity index (χ2n) is 4.28. The largest absolute Gasteiger partial charge is 0.393 e. The van der Waals surface area contributed by atoms with E-state index in [1.54, 1.807) is 18.7 Å². The Kier molecular flexibility index (Phi) is 5.69. The van der Waals surface area contributed by atoms with Gasteiger partial charge in [-0.2, -0.15) is 11.8 Å². The van der Waals surface area contributed by atoms with Gasteiger partial charge in [-0.1, -0.05) is 26.1 Å². The van der Waals surface area contributed by atoms with Crippen LogP contribution in [0.3, 0.4) is 0 Å². The molecule has 0 bridgehead atoms. The fourth-order valence-electron chi connectivity index (χ4n) is 1.79. The molecule has 2 atom stereocenters. The van der Waals surface area contributed by atoms with Crippen LogP contribution in [0.5, 0.6) is 0 Å². The maximum absolute atomic E-state index is 12.0. The molecule has 2 unspecified atom stereocenters. The first kappa shape index (κ1) is 15.2. The summed E-state index contributed by atoms with van der Waals surface area (Å²) in [5.74, 6) is 1.87. The molecule has 0 aromatic rings. The Balaban J connectivity index is 2.77. The number of hydrogen-bond acceptors (Lipinski definition) is 5. The molecular weight excluding hydrogens is 276 g/mol. The second kappa shape index (κ2) is 6.36. The lowest BCUT2D eigenvalue weighted by atomic mass is 10.1. The van der Waals surface area contributed by atoms with E-state index in [9.17, 15) is 8.42 Å². The zero-order valence-electron chi connectivity index (χ0n) is 10.3. The quantitative estimate of drug-likeness (QED) is 0.754. The molecule has 1 rings (SSSR count). The molecule has 4 nitrogen and oxygen atoms in total. The Morgan fingerprint density at radius 3 is 2.82 bits per heavy atom. The molecule has 7 heteroatoms. The number of sulfone groups is 1. The summed E-state index contributed by atoms with van der Waals surface area (Å²) in [6.45, 7) is 5.07. The third-order valence-corrected chi connectivity index (χ3v) is 6.74. The molecule has 17 heavy (non-hydrogen) atoms. The number of thiocarbonyl (C=S) groups is 1. The Bertz CT molecular complexity index is 370. The van der Waals surface area contributed by atoms with E-state index in [0.717, 1.165) is 12.3 Å². The summed E-state index contributed by atoms with van der Waals surface area (Å²) in [5.41, 5.74) is 5.59. The minimum atomic E-state index is -3.02. The lowest BCUT2D eigenvalue weighted by Crippen LogP contribution is -2.50. The van der Waals surface area contributed by atoms with E-state index in [1.165, 1.54) is 0 Å². The van der Waals surface area contributed by atoms with Gasteiger partial charge in [0.05, 0.1) is 4.99 Å². The molecule has 1 aliphatic heterocycles. The topological polar surface area (TPSA) is 63.4 Å². The SMILES string of the molecule is CCS(=O)(=O)C1CSCCN1CC(C)C(N)=S. The third-order valence-electron chi connectivity index (χ3n) is 3.00. The minimum Gasteiger partial charge on any atom is -0.393 e. The predicted octanol–water partition coefficient (Wildman–Crippen LogP) is 0.718. The number of nitrogens with zero attached hydrogens (tertiary/aromatic N) is 1. The zero-order valence-corrected chi connectivity index (χ0v) is 12.7. The molecule has 0 aliphatic carbocycles. The monoisotopic (exact) mass is 296 g/mol. The van der Waals surface area contributed by atoms with Gasteiger partial charge >= 0.3 is 0 Å². The van der Waals surface area contributed by atoms with E-state index in [4.69, 9.17) is 18.0 Å². The van der Waals surface area contributed by atoms with E-state index in [-0.39, 0.29) is 17.0 Å². The van der Waals surface area contributed by atoms with Crippen molar-refractivity contribution in [2.45, 2.75) is 19.2 Å². The van der Waals surface area contributed by atoms with Gasteiger partial charge in [0.15, 0.2) is 9.84 Å². The van der Waals surface area contributed by atoms with Gasteiger partial charge in [-0.3, -0.25) is 4.90 Å². The van der Waals surface area contributed by atoms with Crippen LogP contribution in [0, 0.1) is 5.92 Å². The van der Waals surface area contributed by atoms with Gasteiger partial charge in [0, 0.05) is 36.3 Å². The Morgan fingerprint density at radius 2 is 2.29 bits per heavy atom. The zero-order chi connectivity index (χ0) is 13.1. The Labute approximate surface area is 113 Å². The van der Waals surface area contributed by atoms with Gasteiger partial charge in [0.1, 0.15) is 5.37 Å². The first-order valence-electron chi connectivity index (χ1n) is 5.71. The molecule has 1 aliphatic rings. The van der Waals surface area contributed by atoms with Crippen molar-refractivity contribution < 1.29 is 8.42 Å². The molecule has 0 radical (unpaired) electrons. The molecule has 2 N–H and O–H groups in total. The van der Waals surface area contributed by atoms with Crippen molar-refractivity contribution in [3.63, 3.8) is 0 Å². The molecule has 0 amide bonds. The molecule has 100 valence electrons. The van der Waals surface area contributed by atoms with Gasteiger partial charge in [-0.05, 0) is 0 Å². The molecule has 1 saturated heterocycles. The number of hydrogen-bond donors (Lipinski definition) is 1. The fourth-order valence-corrected chi connectivity index (χ4v) is 4.95. The summed E-state index contributed by atoms with van der Waals surface area (Å²) in [6.07, 6.45) is 0. The highest BCUT2D eigenvalue weighted by Crippen LogP contribution is 2.22. The van der Waals surface area contributed by atoms with Crippen LogP contribution in [0.25, 0.3) is 0 Å². The van der Waals surface area contributed by atoms with Crippen molar-refractivity contribution in [3.05, 3.63) is 0 Å². The minimum absolute atomic E-state index is 0.0580. The summed E-state index contributed by atoms with van der Waals surface area (Å²) < 4.78 is 24.0. The van der Waals surface area contributed by atoms with Crippen LogP contribution in [0.15, 0.2) is 0 Å². The van der Waals surface area contributed by atoms with Crippen LogP contribution >= 0.6 is 24.0 Å².